The lowest BCUT2D eigenvalue weighted by Gasteiger charge is -2.37. The van der Waals surface area contributed by atoms with Crippen molar-refractivity contribution in [3.05, 3.63) is 60.9 Å². The van der Waals surface area contributed by atoms with Crippen LogP contribution in [-0.2, 0) is 38.3 Å². The molecule has 1 unspecified atom stereocenters. The van der Waals surface area contributed by atoms with Crippen molar-refractivity contribution in [1.29, 1.82) is 0 Å². The SMILES string of the molecule is CCC(=O)OC(CN1CCN(c2ccccn2)CC1)CN1C(=O)[C@H]2CC=CC[C@H]2C1=O.O=C(O)/C=C\C(=O)O.O=C(O)/C=C\C(=O)O. The highest BCUT2D eigenvalue weighted by Gasteiger charge is 2.48. The van der Waals surface area contributed by atoms with Crippen LogP contribution >= 0.6 is 0 Å². The minimum atomic E-state index is -1.26. The van der Waals surface area contributed by atoms with Gasteiger partial charge >= 0.3 is 29.8 Å². The Hall–Kier alpha value is -5.38. The number of rotatable bonds is 11. The number of carboxylic acids is 4. The van der Waals surface area contributed by atoms with Crippen molar-refractivity contribution >= 4 is 47.5 Å². The number of anilines is 1. The molecule has 2 fully saturated rings. The lowest BCUT2D eigenvalue weighted by Crippen LogP contribution is -2.51. The first-order valence-corrected chi connectivity index (χ1v) is 14.7. The van der Waals surface area contributed by atoms with Gasteiger partial charge in [0.1, 0.15) is 11.9 Å². The number of hydrogen-bond donors (Lipinski definition) is 4. The van der Waals surface area contributed by atoms with Crippen LogP contribution in [0.25, 0.3) is 0 Å². The van der Waals surface area contributed by atoms with E-state index in [4.69, 9.17) is 25.2 Å². The molecule has 16 heteroatoms. The molecule has 2 saturated heterocycles. The van der Waals surface area contributed by atoms with Crippen LogP contribution in [0.1, 0.15) is 26.2 Å². The summed E-state index contributed by atoms with van der Waals surface area (Å²) in [6.45, 7) is 5.63. The molecule has 2 aliphatic heterocycles. The van der Waals surface area contributed by atoms with E-state index in [1.165, 1.54) is 4.90 Å². The summed E-state index contributed by atoms with van der Waals surface area (Å²) in [6, 6.07) is 5.88. The molecule has 0 aromatic carbocycles. The van der Waals surface area contributed by atoms with Crippen LogP contribution < -0.4 is 4.90 Å². The van der Waals surface area contributed by atoms with E-state index >= 15 is 0 Å². The Morgan fingerprint density at radius 3 is 1.70 bits per heavy atom. The summed E-state index contributed by atoms with van der Waals surface area (Å²) in [6.07, 6.45) is 8.95. The first-order chi connectivity index (χ1) is 22.3. The van der Waals surface area contributed by atoms with E-state index in [0.29, 0.717) is 43.7 Å². The first kappa shape index (κ1) is 37.8. The monoisotopic (exact) mass is 658 g/mol. The second-order valence-electron chi connectivity index (χ2n) is 10.4. The number of amides is 2. The second-order valence-corrected chi connectivity index (χ2v) is 10.4. The van der Waals surface area contributed by atoms with Gasteiger partial charge < -0.3 is 30.1 Å². The fourth-order valence-corrected chi connectivity index (χ4v) is 4.93. The van der Waals surface area contributed by atoms with Gasteiger partial charge in [-0.25, -0.2) is 24.2 Å². The molecule has 3 heterocycles. The van der Waals surface area contributed by atoms with Crippen LogP contribution in [0, 0.1) is 11.8 Å². The maximum absolute atomic E-state index is 12.8. The molecule has 0 bridgehead atoms. The van der Waals surface area contributed by atoms with Crippen molar-refractivity contribution in [3.8, 4) is 0 Å². The Balaban J connectivity index is 0.000000397. The van der Waals surface area contributed by atoms with E-state index in [0.717, 1.165) is 32.0 Å². The molecule has 1 aromatic heterocycles. The summed E-state index contributed by atoms with van der Waals surface area (Å²) in [5.74, 6) is -5.16. The van der Waals surface area contributed by atoms with Gasteiger partial charge in [-0.05, 0) is 25.0 Å². The minimum Gasteiger partial charge on any atom is -0.478 e. The fraction of sp³-hybridized carbons (Fsp3) is 0.419. The van der Waals surface area contributed by atoms with Crippen molar-refractivity contribution in [2.45, 2.75) is 32.3 Å². The molecule has 16 nitrogen and oxygen atoms in total. The summed E-state index contributed by atoms with van der Waals surface area (Å²) < 4.78 is 5.66. The van der Waals surface area contributed by atoms with Crippen LogP contribution in [0.4, 0.5) is 5.82 Å². The van der Waals surface area contributed by atoms with E-state index in [2.05, 4.69) is 14.8 Å². The number of aromatic nitrogens is 1. The maximum atomic E-state index is 12.8. The number of allylic oxidation sites excluding steroid dienone is 2. The number of ether oxygens (including phenoxy) is 1. The molecule has 47 heavy (non-hydrogen) atoms. The average Bonchev–Trinajstić information content (AvgIpc) is 3.28. The van der Waals surface area contributed by atoms with Crippen LogP contribution in [-0.4, -0.2) is 122 Å². The van der Waals surface area contributed by atoms with Crippen LogP contribution in [0.5, 0.6) is 0 Å². The molecule has 1 aromatic rings. The Labute approximate surface area is 270 Å². The highest BCUT2D eigenvalue weighted by molar-refractivity contribution is 6.05. The summed E-state index contributed by atoms with van der Waals surface area (Å²) in [7, 11) is 0. The van der Waals surface area contributed by atoms with Crippen molar-refractivity contribution < 1.29 is 58.7 Å². The van der Waals surface area contributed by atoms with E-state index in [1.807, 2.05) is 30.4 Å². The zero-order chi connectivity index (χ0) is 34.9. The van der Waals surface area contributed by atoms with Crippen LogP contribution in [0.3, 0.4) is 0 Å². The van der Waals surface area contributed by atoms with Gasteiger partial charge in [-0.1, -0.05) is 25.1 Å². The largest absolute Gasteiger partial charge is 0.478 e. The van der Waals surface area contributed by atoms with Gasteiger partial charge in [0.25, 0.3) is 0 Å². The third-order valence-electron chi connectivity index (χ3n) is 7.12. The molecule has 2 amide bonds. The predicted octanol–water partition coefficient (Wildman–Crippen LogP) is 0.900. The third kappa shape index (κ3) is 13.2. The molecule has 4 rings (SSSR count). The first-order valence-electron chi connectivity index (χ1n) is 14.7. The quantitative estimate of drug-likeness (QED) is 0.112. The van der Waals surface area contributed by atoms with E-state index < -0.39 is 30.0 Å². The van der Waals surface area contributed by atoms with E-state index in [-0.39, 0.29) is 42.6 Å². The molecule has 0 saturated carbocycles. The van der Waals surface area contributed by atoms with Crippen molar-refractivity contribution in [1.82, 2.24) is 14.8 Å². The van der Waals surface area contributed by atoms with Gasteiger partial charge in [-0.15, -0.1) is 0 Å². The molecule has 3 aliphatic rings. The highest BCUT2D eigenvalue weighted by atomic mass is 16.5. The molecule has 1 aliphatic carbocycles. The van der Waals surface area contributed by atoms with Crippen molar-refractivity contribution in [2.75, 3.05) is 44.2 Å². The number of carbonyl (C=O) groups is 7. The number of carboxylic acid groups (broad SMARTS) is 4. The molecular weight excluding hydrogens is 620 g/mol. The number of esters is 1. The molecule has 254 valence electrons. The molecule has 4 N–H and O–H groups in total. The summed E-state index contributed by atoms with van der Waals surface area (Å²) in [5, 5.41) is 31.2. The van der Waals surface area contributed by atoms with Gasteiger partial charge in [-0.3, -0.25) is 24.2 Å². The maximum Gasteiger partial charge on any atom is 0.328 e. The average molecular weight is 659 g/mol. The van der Waals surface area contributed by atoms with Crippen molar-refractivity contribution in [2.24, 2.45) is 11.8 Å². The van der Waals surface area contributed by atoms with Gasteiger partial charge in [0.15, 0.2) is 0 Å². The lowest BCUT2D eigenvalue weighted by molar-refractivity contribution is -0.155. The Bertz CT molecular complexity index is 1280. The highest BCUT2D eigenvalue weighted by Crippen LogP contribution is 2.35. The van der Waals surface area contributed by atoms with Gasteiger partial charge in [0.2, 0.25) is 11.8 Å². The number of hydrogen-bond acceptors (Lipinski definition) is 11. The lowest BCUT2D eigenvalue weighted by atomic mass is 9.85. The van der Waals surface area contributed by atoms with Crippen LogP contribution in [0.2, 0.25) is 0 Å². The number of carbonyl (C=O) groups excluding carboxylic acids is 3. The molecule has 0 spiro atoms. The zero-order valence-electron chi connectivity index (χ0n) is 25.7. The molecule has 3 atom stereocenters. The van der Waals surface area contributed by atoms with Gasteiger partial charge in [0.05, 0.1) is 18.4 Å². The number of pyridine rings is 1. The normalized spacial score (nSPS) is 19.7. The fourth-order valence-electron chi connectivity index (χ4n) is 4.93. The standard InChI is InChI=1S/C23H30N4O4.2C4H4O4/c1-2-21(28)31-17(16-27-22(29)18-7-3-4-8-19(18)23(27)30)15-25-11-13-26(14-12-25)20-9-5-6-10-24-20;2*5-3(6)1-2-4(7)8/h3-6,9-10,17-19H,2,7-8,11-16H2,1H3;2*1-2H,(H,5,6)(H,7,8)/b;2*2-1-/t17?,18-,19+;;. The number of aliphatic carboxylic acids is 4. The van der Waals surface area contributed by atoms with Gasteiger partial charge in [-0.2, -0.15) is 0 Å². The van der Waals surface area contributed by atoms with Crippen LogP contribution in [0.15, 0.2) is 60.9 Å². The number of piperazine rings is 1. The van der Waals surface area contributed by atoms with Crippen molar-refractivity contribution in [3.63, 3.8) is 0 Å². The van der Waals surface area contributed by atoms with E-state index in [9.17, 15) is 33.6 Å². The predicted molar refractivity (Wildman–Crippen MR) is 164 cm³/mol. The number of imide groups is 1. The number of fused-ring (bicyclic) bond motifs is 1. The Morgan fingerprint density at radius 2 is 1.30 bits per heavy atom. The second kappa shape index (κ2) is 19.2. The Kier molecular flexibility index (Phi) is 15.4. The minimum absolute atomic E-state index is 0.128. The zero-order valence-corrected chi connectivity index (χ0v) is 25.7. The van der Waals surface area contributed by atoms with E-state index in [1.54, 1.807) is 13.1 Å². The molecule has 0 radical (unpaired) electrons. The third-order valence-corrected chi connectivity index (χ3v) is 7.12. The topological polar surface area (TPSA) is 232 Å². The smallest absolute Gasteiger partial charge is 0.328 e. The summed E-state index contributed by atoms with van der Waals surface area (Å²) in [5.41, 5.74) is 0. The molecular formula is C31H38N4O12. The summed E-state index contributed by atoms with van der Waals surface area (Å²) in [4.78, 5) is 86.1. The van der Waals surface area contributed by atoms with Gasteiger partial charge in [0, 0.05) is 69.6 Å². The Morgan fingerprint density at radius 1 is 0.809 bits per heavy atom. The number of nitrogens with zero attached hydrogens (tertiary/aromatic N) is 4. The summed E-state index contributed by atoms with van der Waals surface area (Å²) >= 11 is 0. The number of likely N-dealkylation sites (tertiary alicyclic amines) is 1.